The van der Waals surface area contributed by atoms with Crippen molar-refractivity contribution in [2.24, 2.45) is 0 Å². The van der Waals surface area contributed by atoms with Gasteiger partial charge in [0, 0.05) is 11.6 Å². The van der Waals surface area contributed by atoms with E-state index >= 15 is 0 Å². The van der Waals surface area contributed by atoms with Gasteiger partial charge in [-0.25, -0.2) is 4.79 Å². The van der Waals surface area contributed by atoms with Crippen LogP contribution in [0.1, 0.15) is 18.1 Å². The number of nitrogens with one attached hydrogen (secondary N) is 1. The Morgan fingerprint density at radius 1 is 1.16 bits per heavy atom. The molecule has 25 heavy (non-hydrogen) atoms. The van der Waals surface area contributed by atoms with Gasteiger partial charge in [0.2, 0.25) is 0 Å². The lowest BCUT2D eigenvalue weighted by molar-refractivity contribution is -0.154. The van der Waals surface area contributed by atoms with Crippen molar-refractivity contribution in [3.63, 3.8) is 0 Å². The first-order valence-corrected chi connectivity index (χ1v) is 8.23. The second kappa shape index (κ2) is 9.08. The van der Waals surface area contributed by atoms with Crippen LogP contribution in [0.4, 0.5) is 0 Å². The summed E-state index contributed by atoms with van der Waals surface area (Å²) in [5.74, 6) is -0.397. The Kier molecular flexibility index (Phi) is 6.83. The fraction of sp³-hybridized carbons (Fsp3) is 0.263. The molecule has 1 atom stereocenters. The molecule has 0 radical (unpaired) electrons. The van der Waals surface area contributed by atoms with Gasteiger partial charge in [-0.15, -0.1) is 0 Å². The number of hydrogen-bond donors (Lipinski definition) is 1. The topological polar surface area (TPSA) is 64.6 Å². The van der Waals surface area contributed by atoms with Crippen molar-refractivity contribution in [1.29, 1.82) is 0 Å². The molecule has 5 nitrogen and oxygen atoms in total. The van der Waals surface area contributed by atoms with Crippen LogP contribution in [-0.4, -0.2) is 24.6 Å². The van der Waals surface area contributed by atoms with Crippen LogP contribution in [-0.2, 0) is 20.9 Å². The van der Waals surface area contributed by atoms with E-state index in [0.29, 0.717) is 17.3 Å². The highest BCUT2D eigenvalue weighted by atomic mass is 35.5. The first-order valence-electron chi connectivity index (χ1n) is 7.85. The Morgan fingerprint density at radius 3 is 2.56 bits per heavy atom. The highest BCUT2D eigenvalue weighted by Crippen LogP contribution is 2.14. The molecule has 0 fully saturated rings. The molecule has 0 bridgehead atoms. The van der Waals surface area contributed by atoms with Crippen LogP contribution in [0.5, 0.6) is 5.75 Å². The fourth-order valence-corrected chi connectivity index (χ4v) is 2.17. The van der Waals surface area contributed by atoms with E-state index in [9.17, 15) is 9.59 Å². The van der Waals surface area contributed by atoms with Gasteiger partial charge >= 0.3 is 5.97 Å². The highest BCUT2D eigenvalue weighted by molar-refractivity contribution is 6.30. The Morgan fingerprint density at radius 2 is 1.88 bits per heavy atom. The van der Waals surface area contributed by atoms with Crippen LogP contribution in [0.3, 0.4) is 0 Å². The summed E-state index contributed by atoms with van der Waals surface area (Å²) in [5, 5.41) is 3.30. The highest BCUT2D eigenvalue weighted by Gasteiger charge is 2.17. The van der Waals surface area contributed by atoms with Gasteiger partial charge in [-0.2, -0.15) is 0 Å². The molecule has 132 valence electrons. The molecule has 0 unspecified atom stereocenters. The summed E-state index contributed by atoms with van der Waals surface area (Å²) >= 11 is 5.80. The van der Waals surface area contributed by atoms with Gasteiger partial charge in [-0.1, -0.05) is 35.9 Å². The van der Waals surface area contributed by atoms with Crippen LogP contribution in [0.2, 0.25) is 5.02 Å². The molecule has 0 aliphatic rings. The number of halogens is 1. The van der Waals surface area contributed by atoms with Crippen LogP contribution in [0, 0.1) is 6.92 Å². The predicted octanol–water partition coefficient (Wildman–Crippen LogP) is 3.28. The van der Waals surface area contributed by atoms with Crippen LogP contribution >= 0.6 is 11.6 Å². The monoisotopic (exact) mass is 361 g/mol. The lowest BCUT2D eigenvalue weighted by Crippen LogP contribution is -2.32. The Hall–Kier alpha value is -2.53. The van der Waals surface area contributed by atoms with Gasteiger partial charge in [0.1, 0.15) is 5.75 Å². The van der Waals surface area contributed by atoms with E-state index in [2.05, 4.69) is 5.32 Å². The van der Waals surface area contributed by atoms with E-state index in [1.165, 1.54) is 0 Å². The van der Waals surface area contributed by atoms with Gasteiger partial charge < -0.3 is 14.8 Å². The largest absolute Gasteiger partial charge is 0.479 e. The van der Waals surface area contributed by atoms with Crippen molar-refractivity contribution in [3.8, 4) is 5.75 Å². The molecular formula is C19H20ClNO4. The molecule has 0 aliphatic carbocycles. The van der Waals surface area contributed by atoms with E-state index in [0.717, 1.165) is 11.1 Å². The quantitative estimate of drug-likeness (QED) is 0.769. The lowest BCUT2D eigenvalue weighted by atomic mass is 10.2. The number of esters is 1. The lowest BCUT2D eigenvalue weighted by Gasteiger charge is -2.14. The minimum atomic E-state index is -0.800. The Labute approximate surface area is 151 Å². The molecule has 0 aromatic heterocycles. The number of aryl methyl sites for hydroxylation is 1. The van der Waals surface area contributed by atoms with Crippen molar-refractivity contribution in [2.75, 3.05) is 6.61 Å². The SMILES string of the molecule is Cc1cccc(O[C@H](C)C(=O)OCC(=O)NCc2ccc(Cl)cc2)c1. The van der Waals surface area contributed by atoms with E-state index in [-0.39, 0.29) is 12.5 Å². The number of carbonyl (C=O) groups is 2. The number of rotatable bonds is 7. The van der Waals surface area contributed by atoms with E-state index in [1.807, 2.05) is 37.3 Å². The van der Waals surface area contributed by atoms with E-state index in [4.69, 9.17) is 21.1 Å². The number of ether oxygens (including phenoxy) is 2. The van der Waals surface area contributed by atoms with E-state index in [1.54, 1.807) is 25.1 Å². The minimum absolute atomic E-state index is 0.336. The molecular weight excluding hydrogens is 342 g/mol. The average Bonchev–Trinajstić information content (AvgIpc) is 2.59. The zero-order chi connectivity index (χ0) is 18.2. The molecule has 2 rings (SSSR count). The van der Waals surface area contributed by atoms with Crippen molar-refractivity contribution in [1.82, 2.24) is 5.32 Å². The molecule has 1 N–H and O–H groups in total. The zero-order valence-electron chi connectivity index (χ0n) is 14.1. The molecule has 6 heteroatoms. The maximum Gasteiger partial charge on any atom is 0.347 e. The molecule has 0 saturated heterocycles. The number of benzene rings is 2. The first kappa shape index (κ1) is 18.8. The third kappa shape index (κ3) is 6.47. The first-order chi connectivity index (χ1) is 11.9. The van der Waals surface area contributed by atoms with Crippen LogP contribution in [0.15, 0.2) is 48.5 Å². The third-order valence-electron chi connectivity index (χ3n) is 3.38. The summed E-state index contributed by atoms with van der Waals surface area (Å²) in [6, 6.07) is 14.5. The fourth-order valence-electron chi connectivity index (χ4n) is 2.05. The minimum Gasteiger partial charge on any atom is -0.479 e. The molecule has 2 aromatic carbocycles. The average molecular weight is 362 g/mol. The van der Waals surface area contributed by atoms with Gasteiger partial charge in [0.15, 0.2) is 12.7 Å². The predicted molar refractivity (Wildman–Crippen MR) is 95.5 cm³/mol. The summed E-state index contributed by atoms with van der Waals surface area (Å²) < 4.78 is 10.5. The van der Waals surface area contributed by atoms with Crippen molar-refractivity contribution in [2.45, 2.75) is 26.5 Å². The number of amides is 1. The molecule has 0 spiro atoms. The molecule has 0 heterocycles. The summed E-state index contributed by atoms with van der Waals surface area (Å²) in [4.78, 5) is 23.7. The van der Waals surface area contributed by atoms with Gasteiger partial charge in [0.05, 0.1) is 0 Å². The normalized spacial score (nSPS) is 11.5. The van der Waals surface area contributed by atoms with E-state index < -0.39 is 12.1 Å². The maximum absolute atomic E-state index is 11.9. The Balaban J connectivity index is 1.72. The second-order valence-electron chi connectivity index (χ2n) is 5.59. The summed E-state index contributed by atoms with van der Waals surface area (Å²) in [5.41, 5.74) is 1.93. The summed E-state index contributed by atoms with van der Waals surface area (Å²) in [7, 11) is 0. The van der Waals surface area contributed by atoms with Crippen molar-refractivity contribution in [3.05, 3.63) is 64.7 Å². The van der Waals surface area contributed by atoms with Crippen LogP contribution in [0.25, 0.3) is 0 Å². The molecule has 0 aliphatic heterocycles. The maximum atomic E-state index is 11.9. The standard InChI is InChI=1S/C19H20ClNO4/c1-13-4-3-5-17(10-13)25-14(2)19(23)24-12-18(22)21-11-15-6-8-16(20)9-7-15/h3-10,14H,11-12H2,1-2H3,(H,21,22)/t14-/m1/s1. The second-order valence-corrected chi connectivity index (χ2v) is 6.02. The zero-order valence-corrected chi connectivity index (χ0v) is 14.9. The van der Waals surface area contributed by atoms with Crippen molar-refractivity contribution < 1.29 is 19.1 Å². The smallest absolute Gasteiger partial charge is 0.347 e. The number of carbonyl (C=O) groups excluding carboxylic acids is 2. The Bertz CT molecular complexity index is 730. The summed E-state index contributed by atoms with van der Waals surface area (Å²) in [6.45, 7) is 3.49. The molecule has 2 aromatic rings. The van der Waals surface area contributed by atoms with Crippen LogP contribution < -0.4 is 10.1 Å². The molecule has 0 saturated carbocycles. The molecule has 1 amide bonds. The summed E-state index contributed by atoms with van der Waals surface area (Å²) in [6.07, 6.45) is -0.800. The number of hydrogen-bond acceptors (Lipinski definition) is 4. The van der Waals surface area contributed by atoms with Gasteiger partial charge in [-0.05, 0) is 49.2 Å². The van der Waals surface area contributed by atoms with Gasteiger partial charge in [0.25, 0.3) is 5.91 Å². The van der Waals surface area contributed by atoms with Gasteiger partial charge in [-0.3, -0.25) is 4.79 Å². The van der Waals surface area contributed by atoms with Crippen molar-refractivity contribution >= 4 is 23.5 Å². The third-order valence-corrected chi connectivity index (χ3v) is 3.63.